The van der Waals surface area contributed by atoms with E-state index in [2.05, 4.69) is 67.7 Å². The van der Waals surface area contributed by atoms with E-state index in [9.17, 15) is 14.2 Å². The number of esters is 1. The summed E-state index contributed by atoms with van der Waals surface area (Å²) in [6, 6.07) is 19.8. The molecule has 4 rings (SSSR count). The highest BCUT2D eigenvalue weighted by Crippen LogP contribution is 2.51. The van der Waals surface area contributed by atoms with Crippen LogP contribution in [-0.4, -0.2) is 104 Å². The van der Waals surface area contributed by atoms with Crippen molar-refractivity contribution in [3.8, 4) is 0 Å². The molecule has 2 aromatic rings. The van der Waals surface area contributed by atoms with E-state index in [0.717, 1.165) is 11.1 Å². The first-order valence-corrected chi connectivity index (χ1v) is 28.2. The van der Waals surface area contributed by atoms with Crippen molar-refractivity contribution in [3.05, 3.63) is 71.8 Å². The molecule has 3 unspecified atom stereocenters. The Morgan fingerprint density at radius 2 is 1.21 bits per heavy atom. The molecule has 0 bridgehead atoms. The van der Waals surface area contributed by atoms with Crippen molar-refractivity contribution in [2.45, 2.75) is 166 Å². The lowest BCUT2D eigenvalue weighted by atomic mass is 10.0. The van der Waals surface area contributed by atoms with Gasteiger partial charge in [0.05, 0.1) is 31.8 Å². The second-order valence-electron chi connectivity index (χ2n) is 18.6. The minimum Gasteiger partial charge on any atom is -0.457 e. The van der Waals surface area contributed by atoms with Crippen molar-refractivity contribution in [1.82, 2.24) is 0 Å². The number of ketones is 1. The highest BCUT2D eigenvalue weighted by Gasteiger charge is 2.54. The number of carbonyl (C=O) groups excluding carboxylic acids is 2. The molecule has 0 amide bonds. The smallest absolute Gasteiger partial charge is 0.328 e. The number of Topliss-reactive ketones (excluding diaryl/α,β-unsaturated/α-hetero) is 1. The number of aliphatic hydroxyl groups is 1. The lowest BCUT2D eigenvalue weighted by Gasteiger charge is -2.41. The Balaban J connectivity index is 1.65. The van der Waals surface area contributed by atoms with Gasteiger partial charge in [0.15, 0.2) is 22.7 Å². The highest BCUT2D eigenvalue weighted by molar-refractivity contribution is 7.53. The molecule has 320 valence electrons. The monoisotopic (exact) mass is 849 g/mol. The molecule has 14 heteroatoms. The van der Waals surface area contributed by atoms with Crippen LogP contribution < -0.4 is 0 Å². The van der Waals surface area contributed by atoms with Crippen molar-refractivity contribution in [1.29, 1.82) is 1.43 Å². The topological polar surface area (TPSA) is 136 Å². The van der Waals surface area contributed by atoms with Gasteiger partial charge in [-0.15, -0.1) is 0 Å². The first-order chi connectivity index (χ1) is 27.0. The fourth-order valence-electron chi connectivity index (χ4n) is 6.57. The Hall–Kier alpha value is -2.04. The number of aliphatic hydroxyl groups excluding tert-OH is 1. The molecular weight excluding hydrogens is 780 g/mol. The zero-order valence-electron chi connectivity index (χ0n) is 37.3. The van der Waals surface area contributed by atoms with Gasteiger partial charge in [-0.1, -0.05) is 109 Å². The second kappa shape index (κ2) is 19.6. The molecule has 2 fully saturated rings. The summed E-state index contributed by atoms with van der Waals surface area (Å²) in [5, 5.41) is 4.53. The third-order valence-electron chi connectivity index (χ3n) is 12.1. The quantitative estimate of drug-likeness (QED) is 0.0779. The van der Waals surface area contributed by atoms with E-state index in [-0.39, 0.29) is 41.9 Å². The van der Waals surface area contributed by atoms with Crippen molar-refractivity contribution >= 4 is 36.0 Å². The van der Waals surface area contributed by atoms with Crippen LogP contribution in [0.15, 0.2) is 60.7 Å². The van der Waals surface area contributed by atoms with Crippen LogP contribution in [0.2, 0.25) is 36.3 Å². The van der Waals surface area contributed by atoms with E-state index in [1.807, 2.05) is 60.7 Å². The number of carbonyl (C=O) groups is 2. The zero-order valence-corrected chi connectivity index (χ0v) is 39.2. The number of hydrogen-bond donors (Lipinski definition) is 1. The Bertz CT molecular complexity index is 1670. The van der Waals surface area contributed by atoms with Gasteiger partial charge < -0.3 is 32.7 Å². The number of ether oxygens (including phenoxy) is 3. The summed E-state index contributed by atoms with van der Waals surface area (Å²) >= 11 is 0. The minimum atomic E-state index is -3.93. The van der Waals surface area contributed by atoms with E-state index in [0.29, 0.717) is 19.3 Å². The summed E-state index contributed by atoms with van der Waals surface area (Å²) in [7, 11) is -8.84. The molecule has 2 saturated heterocycles. The molecule has 0 spiro atoms. The molecule has 11 nitrogen and oxygen atoms in total. The summed E-state index contributed by atoms with van der Waals surface area (Å²) in [6.45, 7) is 24.2. The molecule has 2 aliphatic heterocycles. The van der Waals surface area contributed by atoms with Crippen molar-refractivity contribution < 1.29 is 51.4 Å². The maximum absolute atomic E-state index is 14.5. The third-order valence-corrected chi connectivity index (χ3v) is 22.3. The number of rotatable bonds is 20. The van der Waals surface area contributed by atoms with Gasteiger partial charge in [0, 0.05) is 32.3 Å². The van der Waals surface area contributed by atoms with Gasteiger partial charge in [0.1, 0.15) is 36.3 Å². The Morgan fingerprint density at radius 3 is 1.67 bits per heavy atom. The SMILES string of the molecule is [2H]OC[C@H]1O[C@@H](Cc2ccccc2)[C@@H](O[Si](C)(C)C(C)(C)C)C1OP(C)(=O)OC[C@H]1O[C@@H](Cc2ccccc2)[C@@H](O[Si](C)(C)C(C)(C)C)C1OC(=O)CCC(=O)CC. The zero-order chi connectivity index (χ0) is 43.1. The molecule has 1 N–H and O–H groups in total. The summed E-state index contributed by atoms with van der Waals surface area (Å²) in [5.74, 6) is -0.580. The maximum atomic E-state index is 14.5. The van der Waals surface area contributed by atoms with Gasteiger partial charge in [0.2, 0.25) is 1.43 Å². The Kier molecular flexibility index (Phi) is 15.8. The first kappa shape index (κ1) is 46.0. The first-order valence-electron chi connectivity index (χ1n) is 20.8. The van der Waals surface area contributed by atoms with E-state index in [1.165, 1.54) is 6.66 Å². The van der Waals surface area contributed by atoms with Gasteiger partial charge in [-0.2, -0.15) is 0 Å². The van der Waals surface area contributed by atoms with Gasteiger partial charge in [-0.05, 0) is 47.4 Å². The van der Waals surface area contributed by atoms with Crippen LogP contribution in [0.5, 0.6) is 0 Å². The van der Waals surface area contributed by atoms with Crippen LogP contribution in [0, 0.1) is 0 Å². The van der Waals surface area contributed by atoms with E-state index >= 15 is 0 Å². The lowest BCUT2D eigenvalue weighted by molar-refractivity contribution is -0.156. The van der Waals surface area contributed by atoms with Crippen molar-refractivity contribution in [2.75, 3.05) is 19.9 Å². The van der Waals surface area contributed by atoms with Crippen LogP contribution in [-0.2, 0) is 59.1 Å². The lowest BCUT2D eigenvalue weighted by Crippen LogP contribution is -2.51. The summed E-state index contributed by atoms with van der Waals surface area (Å²) in [6.07, 6.45) is -4.46. The molecule has 0 aliphatic carbocycles. The van der Waals surface area contributed by atoms with Crippen LogP contribution >= 0.6 is 7.60 Å². The number of benzene rings is 2. The third kappa shape index (κ3) is 13.0. The minimum absolute atomic E-state index is 0.0357. The predicted octanol–water partition coefficient (Wildman–Crippen LogP) is 8.68. The van der Waals surface area contributed by atoms with Crippen molar-refractivity contribution in [3.63, 3.8) is 0 Å². The van der Waals surface area contributed by atoms with E-state index < -0.39 is 79.0 Å². The largest absolute Gasteiger partial charge is 0.457 e. The average molecular weight is 850 g/mol. The number of hydrogen-bond acceptors (Lipinski definition) is 11. The average Bonchev–Trinajstić information content (AvgIpc) is 3.60. The van der Waals surface area contributed by atoms with Crippen molar-refractivity contribution in [2.24, 2.45) is 0 Å². The Labute approximate surface area is 345 Å². The standard InChI is InChI=1S/C43H69O11PSi2/c1-13-32(45)24-25-37(46)51-38-36(50-33(26-30-20-16-14-17-21-30)40(38)53-56(9,10)42(2,3)4)29-48-55(8,47)52-39-35(28-44)49-34(27-31-22-18-15-19-23-31)41(39)54-57(11,12)43(5,6)7/h14-23,33-36,38-41,44H,13,24-29H2,1-12H3/t33-,34-,35+,36+,38?,39?,40+,41+,55?/m0/s1/i44D. The summed E-state index contributed by atoms with van der Waals surface area (Å²) in [5.41, 5.74) is 2.05. The molecule has 57 heavy (non-hydrogen) atoms. The molecule has 2 aliphatic rings. The van der Waals surface area contributed by atoms with Gasteiger partial charge >= 0.3 is 13.6 Å². The van der Waals surface area contributed by atoms with Crippen LogP contribution in [0.25, 0.3) is 0 Å². The maximum Gasteiger partial charge on any atom is 0.328 e. The molecular formula is C43H69O11PSi2. The second-order valence-corrected chi connectivity index (χ2v) is 30.2. The molecule has 2 heterocycles. The predicted molar refractivity (Wildman–Crippen MR) is 228 cm³/mol. The fraction of sp³-hybridized carbons (Fsp3) is 0.674. The van der Waals surface area contributed by atoms with Crippen LogP contribution in [0.4, 0.5) is 0 Å². The summed E-state index contributed by atoms with van der Waals surface area (Å²) in [4.78, 5) is 25.6. The molecule has 2 aromatic carbocycles. The van der Waals surface area contributed by atoms with E-state index in [1.54, 1.807) is 6.92 Å². The van der Waals surface area contributed by atoms with Gasteiger partial charge in [-0.3, -0.25) is 18.7 Å². The van der Waals surface area contributed by atoms with Gasteiger partial charge in [-0.25, -0.2) is 0 Å². The van der Waals surface area contributed by atoms with Crippen LogP contribution in [0.1, 0.15) is 78.9 Å². The molecule has 0 radical (unpaired) electrons. The summed E-state index contributed by atoms with van der Waals surface area (Å²) < 4.78 is 68.2. The van der Waals surface area contributed by atoms with E-state index in [4.69, 9.17) is 38.7 Å². The highest BCUT2D eigenvalue weighted by atomic mass is 31.2. The molecule has 0 aromatic heterocycles. The van der Waals surface area contributed by atoms with Crippen LogP contribution in [0.3, 0.4) is 0 Å². The fourth-order valence-corrected chi connectivity index (χ4v) is 10.4. The molecule has 9 atom stereocenters. The van der Waals surface area contributed by atoms with Gasteiger partial charge in [0.25, 0.3) is 0 Å². The molecule has 0 saturated carbocycles. The normalized spacial score (nSPS) is 27.2. The Morgan fingerprint density at radius 1 is 0.737 bits per heavy atom.